The van der Waals surface area contributed by atoms with Crippen LogP contribution in [0.15, 0.2) is 29.2 Å². The lowest BCUT2D eigenvalue weighted by atomic mass is 9.77. The number of aliphatic carboxylic acids is 1. The number of alkyl halides is 3. The third kappa shape index (κ3) is 6.53. The quantitative estimate of drug-likeness (QED) is 0.635. The first kappa shape index (κ1) is 27.9. The van der Waals surface area contributed by atoms with E-state index in [4.69, 9.17) is 19.4 Å². The molecule has 3 aliphatic rings. The van der Waals surface area contributed by atoms with Crippen LogP contribution in [-0.2, 0) is 24.3 Å². The number of piperidine rings is 1. The number of methoxy groups -OCH3 is 1. The predicted octanol–water partition coefficient (Wildman–Crippen LogP) is 2.91. The van der Waals surface area contributed by atoms with Crippen molar-refractivity contribution in [1.29, 1.82) is 0 Å². The minimum atomic E-state index is -5.08. The van der Waals surface area contributed by atoms with E-state index in [1.165, 1.54) is 0 Å². The third-order valence-corrected chi connectivity index (χ3v) is 9.15. The van der Waals surface area contributed by atoms with Crippen molar-refractivity contribution in [2.45, 2.75) is 55.9 Å². The van der Waals surface area contributed by atoms with Gasteiger partial charge in [-0.05, 0) is 50.2 Å². The number of likely N-dealkylation sites (tertiary alicyclic amines) is 1. The molecule has 1 aromatic rings. The zero-order valence-electron chi connectivity index (χ0n) is 20.2. The van der Waals surface area contributed by atoms with Crippen molar-refractivity contribution in [2.75, 3.05) is 46.4 Å². The molecule has 0 bridgehead atoms. The van der Waals surface area contributed by atoms with Gasteiger partial charge in [-0.3, -0.25) is 4.90 Å². The Morgan fingerprint density at radius 1 is 1.23 bits per heavy atom. The molecule has 3 fully saturated rings. The fourth-order valence-electron chi connectivity index (χ4n) is 4.99. The number of sulfonamides is 1. The molecule has 0 aliphatic carbocycles. The molecule has 1 unspecified atom stereocenters. The second kappa shape index (κ2) is 10.3. The van der Waals surface area contributed by atoms with E-state index in [-0.39, 0.29) is 17.1 Å². The number of hydrogen-bond acceptors (Lipinski definition) is 6. The molecular formula is C23H33F3N2O6S. The summed E-state index contributed by atoms with van der Waals surface area (Å²) in [6.07, 6.45) is -2.04. The molecule has 4 rings (SSSR count). The Balaban J connectivity index is 0.000000429. The number of benzene rings is 1. The Hall–Kier alpha value is -1.73. The SMILES string of the molecule is COC1(C)CN(CC2CC3(CCN(S(=O)(=O)c4ccccc4C)CC3)CO2)C1.O=C(O)C(F)(F)F. The van der Waals surface area contributed by atoms with Crippen LogP contribution in [0.4, 0.5) is 13.2 Å². The Kier molecular flexibility index (Phi) is 8.22. The summed E-state index contributed by atoms with van der Waals surface area (Å²) in [5, 5.41) is 7.12. The van der Waals surface area contributed by atoms with E-state index in [0.717, 1.165) is 51.1 Å². The van der Waals surface area contributed by atoms with E-state index in [1.807, 2.05) is 19.1 Å². The largest absolute Gasteiger partial charge is 0.490 e. The normalized spacial score (nSPS) is 24.5. The van der Waals surface area contributed by atoms with Crippen LogP contribution in [-0.4, -0.2) is 93.0 Å². The number of ether oxygens (including phenoxy) is 2. The molecule has 3 saturated heterocycles. The van der Waals surface area contributed by atoms with Crippen molar-refractivity contribution >= 4 is 16.0 Å². The van der Waals surface area contributed by atoms with Crippen LogP contribution in [0.2, 0.25) is 0 Å². The van der Waals surface area contributed by atoms with Gasteiger partial charge >= 0.3 is 12.1 Å². The van der Waals surface area contributed by atoms with E-state index < -0.39 is 22.2 Å². The van der Waals surface area contributed by atoms with Crippen LogP contribution in [0.25, 0.3) is 0 Å². The van der Waals surface area contributed by atoms with Crippen molar-refractivity contribution in [3.63, 3.8) is 0 Å². The fourth-order valence-corrected chi connectivity index (χ4v) is 6.66. The van der Waals surface area contributed by atoms with Gasteiger partial charge < -0.3 is 14.6 Å². The highest BCUT2D eigenvalue weighted by Gasteiger charge is 2.47. The Labute approximate surface area is 204 Å². The molecule has 12 heteroatoms. The minimum absolute atomic E-state index is 0.00837. The Morgan fingerprint density at radius 2 is 1.80 bits per heavy atom. The first-order valence-electron chi connectivity index (χ1n) is 11.4. The highest BCUT2D eigenvalue weighted by Crippen LogP contribution is 2.43. The van der Waals surface area contributed by atoms with Gasteiger partial charge in [-0.25, -0.2) is 13.2 Å². The first-order valence-corrected chi connectivity index (χ1v) is 12.9. The van der Waals surface area contributed by atoms with Crippen LogP contribution in [0.3, 0.4) is 0 Å². The van der Waals surface area contributed by atoms with E-state index in [1.54, 1.807) is 23.5 Å². The monoisotopic (exact) mass is 522 g/mol. The summed E-state index contributed by atoms with van der Waals surface area (Å²) >= 11 is 0. The molecule has 1 spiro atoms. The number of nitrogens with zero attached hydrogens (tertiary/aromatic N) is 2. The summed E-state index contributed by atoms with van der Waals surface area (Å²) < 4.78 is 71.1. The van der Waals surface area contributed by atoms with Gasteiger partial charge in [0, 0.05) is 39.8 Å². The molecule has 3 aliphatic heterocycles. The fraction of sp³-hybridized carbons (Fsp3) is 0.696. The smallest absolute Gasteiger partial charge is 0.475 e. The number of carbonyl (C=O) groups is 1. The highest BCUT2D eigenvalue weighted by atomic mass is 32.2. The van der Waals surface area contributed by atoms with Crippen molar-refractivity contribution in [2.24, 2.45) is 5.41 Å². The number of carboxylic acids is 1. The number of carboxylic acid groups (broad SMARTS) is 1. The summed E-state index contributed by atoms with van der Waals surface area (Å²) in [5.74, 6) is -2.76. The molecule has 0 saturated carbocycles. The van der Waals surface area contributed by atoms with E-state index in [9.17, 15) is 21.6 Å². The summed E-state index contributed by atoms with van der Waals surface area (Å²) in [5.41, 5.74) is 0.938. The number of halogens is 3. The number of rotatable bonds is 5. The third-order valence-electron chi connectivity index (χ3n) is 7.09. The minimum Gasteiger partial charge on any atom is -0.475 e. The number of aryl methyl sites for hydroxylation is 1. The van der Waals surface area contributed by atoms with Gasteiger partial charge in [-0.2, -0.15) is 17.5 Å². The lowest BCUT2D eigenvalue weighted by molar-refractivity contribution is -0.192. The zero-order valence-corrected chi connectivity index (χ0v) is 21.0. The lowest BCUT2D eigenvalue weighted by Gasteiger charge is -2.47. The van der Waals surface area contributed by atoms with Crippen molar-refractivity contribution in [3.05, 3.63) is 29.8 Å². The summed E-state index contributed by atoms with van der Waals surface area (Å²) in [4.78, 5) is 11.7. The molecule has 35 heavy (non-hydrogen) atoms. The van der Waals surface area contributed by atoms with Crippen LogP contribution in [0, 0.1) is 12.3 Å². The van der Waals surface area contributed by atoms with Gasteiger partial charge in [0.1, 0.15) is 0 Å². The standard InChI is InChI=1S/C21H32N2O4S.C2HF3O2/c1-17-6-4-5-7-19(17)28(24,25)23-10-8-21(9-11-23)12-18(27-16-21)13-22-14-20(2,15-22)26-3;3-2(4,5)1(6)7/h4-7,18H,8-16H2,1-3H3;(H,6,7). The first-order chi connectivity index (χ1) is 16.2. The maximum atomic E-state index is 13.0. The number of hydrogen-bond donors (Lipinski definition) is 1. The van der Waals surface area contributed by atoms with Crippen LogP contribution < -0.4 is 0 Å². The molecule has 0 amide bonds. The molecule has 0 aromatic heterocycles. The highest BCUT2D eigenvalue weighted by molar-refractivity contribution is 7.89. The van der Waals surface area contributed by atoms with Gasteiger partial charge in [0.05, 0.1) is 23.2 Å². The molecular weight excluding hydrogens is 489 g/mol. The predicted molar refractivity (Wildman–Crippen MR) is 122 cm³/mol. The maximum Gasteiger partial charge on any atom is 0.490 e. The molecule has 198 valence electrons. The topological polar surface area (TPSA) is 96.4 Å². The second-order valence-electron chi connectivity index (χ2n) is 9.93. The van der Waals surface area contributed by atoms with Crippen molar-refractivity contribution in [1.82, 2.24) is 9.21 Å². The molecule has 1 aromatic carbocycles. The van der Waals surface area contributed by atoms with E-state index in [2.05, 4.69) is 11.8 Å². The zero-order chi connectivity index (χ0) is 26.1. The molecule has 1 N–H and O–H groups in total. The average molecular weight is 523 g/mol. The lowest BCUT2D eigenvalue weighted by Crippen LogP contribution is -2.62. The Bertz CT molecular complexity index is 1000. The van der Waals surface area contributed by atoms with Crippen molar-refractivity contribution < 1.29 is 41.0 Å². The molecule has 0 radical (unpaired) electrons. The summed E-state index contributed by atoms with van der Waals surface area (Å²) in [6, 6.07) is 7.25. The maximum absolute atomic E-state index is 13.0. The van der Waals surface area contributed by atoms with Crippen LogP contribution in [0.1, 0.15) is 31.7 Å². The second-order valence-corrected chi connectivity index (χ2v) is 11.8. The summed E-state index contributed by atoms with van der Waals surface area (Å²) in [6.45, 7) is 8.79. The van der Waals surface area contributed by atoms with Crippen LogP contribution in [0.5, 0.6) is 0 Å². The summed E-state index contributed by atoms with van der Waals surface area (Å²) in [7, 11) is -1.64. The van der Waals surface area contributed by atoms with Gasteiger partial charge in [0.2, 0.25) is 10.0 Å². The molecule has 1 atom stereocenters. The van der Waals surface area contributed by atoms with E-state index in [0.29, 0.717) is 18.0 Å². The van der Waals surface area contributed by atoms with Gasteiger partial charge in [0.15, 0.2) is 0 Å². The van der Waals surface area contributed by atoms with E-state index >= 15 is 0 Å². The Morgan fingerprint density at radius 3 is 2.31 bits per heavy atom. The van der Waals surface area contributed by atoms with Crippen molar-refractivity contribution in [3.8, 4) is 0 Å². The van der Waals surface area contributed by atoms with Gasteiger partial charge in [-0.15, -0.1) is 0 Å². The van der Waals surface area contributed by atoms with Gasteiger partial charge in [-0.1, -0.05) is 18.2 Å². The average Bonchev–Trinajstić information content (AvgIpc) is 3.14. The van der Waals surface area contributed by atoms with Crippen LogP contribution >= 0.6 is 0 Å². The van der Waals surface area contributed by atoms with Gasteiger partial charge in [0.25, 0.3) is 0 Å². The molecule has 3 heterocycles. The molecule has 8 nitrogen and oxygen atoms in total.